The zero-order valence-electron chi connectivity index (χ0n) is 15.5. The van der Waals surface area contributed by atoms with Gasteiger partial charge in [0.25, 0.3) is 5.69 Å². The molecule has 1 N–H and O–H groups in total. The Morgan fingerprint density at radius 2 is 2.04 bits per heavy atom. The van der Waals surface area contributed by atoms with Crippen LogP contribution in [0.3, 0.4) is 0 Å². The first-order chi connectivity index (χ1) is 12.2. The molecule has 1 aromatic carbocycles. The lowest BCUT2D eigenvalue weighted by Gasteiger charge is -2.33. The summed E-state index contributed by atoms with van der Waals surface area (Å²) in [5.74, 6) is -0.119. The van der Waals surface area contributed by atoms with Gasteiger partial charge in [0.05, 0.1) is 16.7 Å². The van der Waals surface area contributed by atoms with Crippen molar-refractivity contribution >= 4 is 17.5 Å². The number of rotatable bonds is 5. The second kappa shape index (κ2) is 8.33. The molecule has 2 rings (SSSR count). The van der Waals surface area contributed by atoms with E-state index in [0.29, 0.717) is 31.2 Å². The zero-order chi connectivity index (χ0) is 19.3. The molecular weight excluding hydrogens is 341 g/mol. The highest BCUT2D eigenvalue weighted by Gasteiger charge is 2.23. The van der Waals surface area contributed by atoms with Crippen molar-refractivity contribution < 1.29 is 18.8 Å². The number of hydrogen-bond acceptors (Lipinski definition) is 5. The Hall–Kier alpha value is -2.38. The van der Waals surface area contributed by atoms with E-state index >= 15 is 0 Å². The fourth-order valence-electron chi connectivity index (χ4n) is 3.02. The van der Waals surface area contributed by atoms with E-state index in [4.69, 9.17) is 4.74 Å². The predicted molar refractivity (Wildman–Crippen MR) is 96.8 cm³/mol. The molecule has 0 spiro atoms. The average molecular weight is 367 g/mol. The van der Waals surface area contributed by atoms with Gasteiger partial charge in [0.15, 0.2) is 5.82 Å². The van der Waals surface area contributed by atoms with Gasteiger partial charge in [-0.15, -0.1) is 0 Å². The number of amides is 1. The fraction of sp³-hybridized carbons (Fsp3) is 0.611. The van der Waals surface area contributed by atoms with Crippen LogP contribution in [0.25, 0.3) is 0 Å². The van der Waals surface area contributed by atoms with E-state index in [0.717, 1.165) is 25.3 Å². The molecule has 1 saturated heterocycles. The van der Waals surface area contributed by atoms with Gasteiger partial charge in [-0.25, -0.2) is 9.18 Å². The predicted octanol–water partition coefficient (Wildman–Crippen LogP) is 3.87. The molecule has 0 saturated carbocycles. The van der Waals surface area contributed by atoms with E-state index in [1.807, 2.05) is 25.7 Å². The van der Waals surface area contributed by atoms with Crippen molar-refractivity contribution in [3.63, 3.8) is 0 Å². The molecule has 144 valence electrons. The van der Waals surface area contributed by atoms with E-state index in [2.05, 4.69) is 5.32 Å². The summed E-state index contributed by atoms with van der Waals surface area (Å²) in [5, 5.41) is 13.5. The van der Waals surface area contributed by atoms with Gasteiger partial charge in [0, 0.05) is 25.7 Å². The molecule has 26 heavy (non-hydrogen) atoms. The summed E-state index contributed by atoms with van der Waals surface area (Å²) < 4.78 is 19.3. The van der Waals surface area contributed by atoms with E-state index in [9.17, 15) is 19.3 Å². The number of benzene rings is 1. The number of piperidine rings is 1. The van der Waals surface area contributed by atoms with E-state index in [1.54, 1.807) is 0 Å². The van der Waals surface area contributed by atoms with E-state index < -0.39 is 22.4 Å². The van der Waals surface area contributed by atoms with Gasteiger partial charge in [0.1, 0.15) is 5.60 Å². The Balaban J connectivity index is 1.77. The number of nitrogens with zero attached hydrogens (tertiary/aromatic N) is 2. The van der Waals surface area contributed by atoms with Crippen LogP contribution >= 0.6 is 0 Å². The Kier molecular flexibility index (Phi) is 6.39. The molecule has 1 fully saturated rings. The van der Waals surface area contributed by atoms with Crippen molar-refractivity contribution in [2.75, 3.05) is 24.5 Å². The first-order valence-electron chi connectivity index (χ1n) is 8.81. The first kappa shape index (κ1) is 19.9. The molecule has 7 nitrogen and oxygen atoms in total. The summed E-state index contributed by atoms with van der Waals surface area (Å²) in [7, 11) is 0. The number of hydrogen-bond donors (Lipinski definition) is 1. The topological polar surface area (TPSA) is 84.7 Å². The lowest BCUT2D eigenvalue weighted by Crippen LogP contribution is -2.37. The minimum Gasteiger partial charge on any atom is -0.444 e. The zero-order valence-corrected chi connectivity index (χ0v) is 15.5. The minimum atomic E-state index is -0.600. The Bertz CT molecular complexity index is 652. The fourth-order valence-corrected chi connectivity index (χ4v) is 3.02. The number of non-ortho nitro benzene ring substituents is 1. The molecule has 1 heterocycles. The summed E-state index contributed by atoms with van der Waals surface area (Å²) >= 11 is 0. The molecule has 1 amide bonds. The summed E-state index contributed by atoms with van der Waals surface area (Å²) in [6, 6.07) is 3.76. The normalized spacial score (nSPS) is 15.6. The molecule has 8 heteroatoms. The Labute approximate surface area is 152 Å². The summed E-state index contributed by atoms with van der Waals surface area (Å²) in [5.41, 5.74) is -0.347. The third kappa shape index (κ3) is 5.86. The first-order valence-corrected chi connectivity index (χ1v) is 8.81. The summed E-state index contributed by atoms with van der Waals surface area (Å²) in [4.78, 5) is 23.6. The third-order valence-corrected chi connectivity index (χ3v) is 4.32. The van der Waals surface area contributed by atoms with Gasteiger partial charge in [-0.3, -0.25) is 10.1 Å². The van der Waals surface area contributed by atoms with Crippen LogP contribution in [0, 0.1) is 21.8 Å². The second-order valence-corrected chi connectivity index (χ2v) is 7.54. The molecule has 1 aliphatic rings. The van der Waals surface area contributed by atoms with Crippen LogP contribution in [0.1, 0.15) is 40.0 Å². The standard InChI is InChI=1S/C18H26FN3O4/c1-18(2,3)26-17(23)20-9-6-13-7-10-21(11-8-13)16-5-4-14(22(24)25)12-15(16)19/h4-5,12-13H,6-11H2,1-3H3,(H,20,23). The second-order valence-electron chi connectivity index (χ2n) is 7.54. The molecule has 1 aromatic rings. The van der Waals surface area contributed by atoms with E-state index in [-0.39, 0.29) is 5.69 Å². The molecule has 0 radical (unpaired) electrons. The Morgan fingerprint density at radius 1 is 1.38 bits per heavy atom. The molecule has 0 bridgehead atoms. The van der Waals surface area contributed by atoms with Gasteiger partial charge in [-0.2, -0.15) is 0 Å². The highest BCUT2D eigenvalue weighted by atomic mass is 19.1. The molecule has 0 aromatic heterocycles. The van der Waals surface area contributed by atoms with Gasteiger partial charge in [-0.05, 0) is 52.0 Å². The largest absolute Gasteiger partial charge is 0.444 e. The minimum absolute atomic E-state index is 0.241. The van der Waals surface area contributed by atoms with Crippen molar-refractivity contribution in [1.82, 2.24) is 5.32 Å². The van der Waals surface area contributed by atoms with Crippen LogP contribution in [0.2, 0.25) is 0 Å². The number of nitrogens with one attached hydrogen (secondary N) is 1. The van der Waals surface area contributed by atoms with Gasteiger partial charge < -0.3 is 15.0 Å². The van der Waals surface area contributed by atoms with E-state index in [1.165, 1.54) is 12.1 Å². The SMILES string of the molecule is CC(C)(C)OC(=O)NCCC1CCN(c2ccc([N+](=O)[O-])cc2F)CC1. The molecule has 0 unspecified atom stereocenters. The van der Waals surface area contributed by atoms with Gasteiger partial charge in [0.2, 0.25) is 0 Å². The molecule has 0 aliphatic carbocycles. The molecule has 0 atom stereocenters. The lowest BCUT2D eigenvalue weighted by molar-refractivity contribution is -0.385. The van der Waals surface area contributed by atoms with Crippen LogP contribution in [-0.2, 0) is 4.74 Å². The maximum Gasteiger partial charge on any atom is 0.407 e. The number of nitro benzene ring substituents is 1. The maximum atomic E-state index is 14.1. The van der Waals surface area contributed by atoms with Crippen molar-refractivity contribution in [2.45, 2.75) is 45.6 Å². The lowest BCUT2D eigenvalue weighted by atomic mass is 9.93. The number of ether oxygens (including phenoxy) is 1. The van der Waals surface area contributed by atoms with Gasteiger partial charge in [-0.1, -0.05) is 0 Å². The summed E-state index contributed by atoms with van der Waals surface area (Å²) in [6.07, 6.45) is 2.19. The van der Waals surface area contributed by atoms with Crippen molar-refractivity contribution in [1.29, 1.82) is 0 Å². The van der Waals surface area contributed by atoms with Crippen molar-refractivity contribution in [2.24, 2.45) is 5.92 Å². The number of carbonyl (C=O) groups excluding carboxylic acids is 1. The van der Waals surface area contributed by atoms with Crippen LogP contribution in [0.4, 0.5) is 20.6 Å². The maximum absolute atomic E-state index is 14.1. The number of nitro groups is 1. The molecular formula is C18H26FN3O4. The average Bonchev–Trinajstić information content (AvgIpc) is 2.54. The van der Waals surface area contributed by atoms with Crippen LogP contribution < -0.4 is 10.2 Å². The van der Waals surface area contributed by atoms with Crippen molar-refractivity contribution in [3.05, 3.63) is 34.1 Å². The number of carbonyl (C=O) groups is 1. The quantitative estimate of drug-likeness (QED) is 0.631. The van der Waals surface area contributed by atoms with Crippen LogP contribution in [-0.4, -0.2) is 36.3 Å². The van der Waals surface area contributed by atoms with Gasteiger partial charge >= 0.3 is 6.09 Å². The number of alkyl carbamates (subject to hydrolysis) is 1. The summed E-state index contributed by atoms with van der Waals surface area (Å²) in [6.45, 7) is 7.38. The molecule has 1 aliphatic heterocycles. The Morgan fingerprint density at radius 3 is 2.58 bits per heavy atom. The third-order valence-electron chi connectivity index (χ3n) is 4.32. The smallest absolute Gasteiger partial charge is 0.407 e. The highest BCUT2D eigenvalue weighted by Crippen LogP contribution is 2.29. The monoisotopic (exact) mass is 367 g/mol. The number of halogens is 1. The van der Waals surface area contributed by atoms with Crippen LogP contribution in [0.5, 0.6) is 0 Å². The van der Waals surface area contributed by atoms with Crippen molar-refractivity contribution in [3.8, 4) is 0 Å². The number of anilines is 1. The highest BCUT2D eigenvalue weighted by molar-refractivity contribution is 5.67. The van der Waals surface area contributed by atoms with Crippen LogP contribution in [0.15, 0.2) is 18.2 Å².